The molecule has 1 heterocycles. The fourth-order valence-corrected chi connectivity index (χ4v) is 3.52. The number of ether oxygens (including phenoxy) is 1. The molecule has 0 saturated carbocycles. The number of thioether (sulfide) groups is 1. The average Bonchev–Trinajstić information content (AvgIpc) is 3.08. The topological polar surface area (TPSA) is 80.6 Å². The summed E-state index contributed by atoms with van der Waals surface area (Å²) in [6, 6.07) is 13.1. The first-order valence-corrected chi connectivity index (χ1v) is 10.6. The van der Waals surface area contributed by atoms with E-state index in [1.807, 2.05) is 62.6 Å². The number of amides is 2. The molecular weight excluding hydrogens is 388 g/mol. The number of nitrogens with one attached hydrogen (secondary N) is 2. The van der Waals surface area contributed by atoms with Crippen LogP contribution in [0.25, 0.3) is 11.0 Å². The van der Waals surface area contributed by atoms with Gasteiger partial charge in [0.15, 0.2) is 11.9 Å². The van der Waals surface area contributed by atoms with Crippen LogP contribution in [-0.4, -0.2) is 24.2 Å². The number of hydrogen-bond donors (Lipinski definition) is 2. The molecule has 0 unspecified atom stereocenters. The number of aryl methyl sites for hydroxylation is 1. The van der Waals surface area contributed by atoms with Gasteiger partial charge in [0.25, 0.3) is 5.91 Å². The highest BCUT2D eigenvalue weighted by atomic mass is 32.2. The third-order valence-electron chi connectivity index (χ3n) is 4.72. The first kappa shape index (κ1) is 20.8. The van der Waals surface area contributed by atoms with Crippen molar-refractivity contribution in [2.24, 2.45) is 0 Å². The van der Waals surface area contributed by atoms with Gasteiger partial charge in [-0.15, -0.1) is 0 Å². The summed E-state index contributed by atoms with van der Waals surface area (Å²) >= 11 is 1.59. The van der Waals surface area contributed by atoms with Gasteiger partial charge in [-0.3, -0.25) is 20.4 Å². The quantitative estimate of drug-likeness (QED) is 0.595. The smallest absolute Gasteiger partial charge is 0.305 e. The second-order valence-corrected chi connectivity index (χ2v) is 7.61. The van der Waals surface area contributed by atoms with Gasteiger partial charge < -0.3 is 9.15 Å². The van der Waals surface area contributed by atoms with Gasteiger partial charge in [0.1, 0.15) is 11.3 Å². The van der Waals surface area contributed by atoms with E-state index in [1.54, 1.807) is 18.7 Å². The number of para-hydroxylation sites is 1. The standard InChI is InChI=1S/C22H24N2O4S/c1-13-8-7-11-18(14(13)2)27-15(3)21(25)23-24-22(26)20-17(12-29-4)16-9-5-6-10-19(16)28-20/h5-11,15H,12H2,1-4H3,(H,23,25)(H,24,26)/t15-/m0/s1. The molecule has 7 heteroatoms. The molecule has 2 N–H and O–H groups in total. The molecule has 0 aliphatic carbocycles. The van der Waals surface area contributed by atoms with Gasteiger partial charge in [0.2, 0.25) is 0 Å². The molecule has 0 fully saturated rings. The molecule has 0 spiro atoms. The predicted octanol–water partition coefficient (Wildman–Crippen LogP) is 4.14. The second kappa shape index (κ2) is 9.05. The Morgan fingerprint density at radius 2 is 1.86 bits per heavy atom. The summed E-state index contributed by atoms with van der Waals surface area (Å²) in [5.74, 6) is 0.502. The van der Waals surface area contributed by atoms with Crippen LogP contribution in [0.15, 0.2) is 46.9 Å². The van der Waals surface area contributed by atoms with Gasteiger partial charge in [-0.25, -0.2) is 0 Å². The van der Waals surface area contributed by atoms with Crippen molar-refractivity contribution in [1.29, 1.82) is 0 Å². The highest BCUT2D eigenvalue weighted by Gasteiger charge is 2.22. The number of carbonyl (C=O) groups excluding carboxylic acids is 2. The normalized spacial score (nSPS) is 11.9. The van der Waals surface area contributed by atoms with Crippen LogP contribution in [0.1, 0.15) is 34.2 Å². The molecule has 1 atom stereocenters. The van der Waals surface area contributed by atoms with E-state index >= 15 is 0 Å². The van der Waals surface area contributed by atoms with Gasteiger partial charge in [0, 0.05) is 16.7 Å². The Hall–Kier alpha value is -2.93. The van der Waals surface area contributed by atoms with E-state index in [0.717, 1.165) is 22.1 Å². The highest BCUT2D eigenvalue weighted by Crippen LogP contribution is 2.28. The van der Waals surface area contributed by atoms with E-state index in [-0.39, 0.29) is 5.76 Å². The number of hydrazine groups is 1. The van der Waals surface area contributed by atoms with Crippen LogP contribution in [0.5, 0.6) is 5.75 Å². The van der Waals surface area contributed by atoms with E-state index in [1.165, 1.54) is 0 Å². The maximum atomic E-state index is 12.6. The van der Waals surface area contributed by atoms with Crippen LogP contribution in [0, 0.1) is 13.8 Å². The maximum absolute atomic E-state index is 12.6. The van der Waals surface area contributed by atoms with Gasteiger partial charge in [-0.1, -0.05) is 30.3 Å². The monoisotopic (exact) mass is 412 g/mol. The van der Waals surface area contributed by atoms with Crippen molar-refractivity contribution in [3.8, 4) is 5.75 Å². The molecule has 0 aliphatic heterocycles. The van der Waals surface area contributed by atoms with E-state index < -0.39 is 17.9 Å². The maximum Gasteiger partial charge on any atom is 0.305 e. The van der Waals surface area contributed by atoms with Crippen LogP contribution in [0.3, 0.4) is 0 Å². The summed E-state index contributed by atoms with van der Waals surface area (Å²) in [7, 11) is 0. The van der Waals surface area contributed by atoms with Crippen LogP contribution in [0.4, 0.5) is 0 Å². The molecule has 0 radical (unpaired) electrons. The van der Waals surface area contributed by atoms with Crippen LogP contribution in [0.2, 0.25) is 0 Å². The Kier molecular flexibility index (Phi) is 6.49. The summed E-state index contributed by atoms with van der Waals surface area (Å²) in [5, 5.41) is 0.893. The minimum absolute atomic E-state index is 0.198. The van der Waals surface area contributed by atoms with Crippen molar-refractivity contribution < 1.29 is 18.7 Å². The third-order valence-corrected chi connectivity index (χ3v) is 5.30. The van der Waals surface area contributed by atoms with Gasteiger partial charge in [-0.05, 0) is 50.3 Å². The molecule has 29 heavy (non-hydrogen) atoms. The second-order valence-electron chi connectivity index (χ2n) is 6.74. The van der Waals surface area contributed by atoms with Crippen LogP contribution < -0.4 is 15.6 Å². The molecule has 2 amide bonds. The number of fused-ring (bicyclic) bond motifs is 1. The SMILES string of the molecule is CSCc1c(C(=O)NNC(=O)[C@H](C)Oc2cccc(C)c2C)oc2ccccc12. The number of rotatable bonds is 6. The Morgan fingerprint density at radius 1 is 1.10 bits per heavy atom. The number of carbonyl (C=O) groups is 2. The Balaban J connectivity index is 1.67. The van der Waals surface area contributed by atoms with Crippen molar-refractivity contribution in [2.75, 3.05) is 6.26 Å². The molecule has 0 saturated heterocycles. The van der Waals surface area contributed by atoms with Crippen molar-refractivity contribution in [3.05, 3.63) is 64.9 Å². The van der Waals surface area contributed by atoms with Gasteiger partial charge >= 0.3 is 5.91 Å². The lowest BCUT2D eigenvalue weighted by Gasteiger charge is -2.17. The molecule has 2 aromatic carbocycles. The Labute approximate surface area is 174 Å². The average molecular weight is 413 g/mol. The fraction of sp³-hybridized carbons (Fsp3) is 0.273. The van der Waals surface area contributed by atoms with Crippen molar-refractivity contribution in [3.63, 3.8) is 0 Å². The summed E-state index contributed by atoms with van der Waals surface area (Å²) in [4.78, 5) is 25.0. The number of furan rings is 1. The Bertz CT molecular complexity index is 1040. The molecular formula is C22H24N2O4S. The van der Waals surface area contributed by atoms with Crippen molar-refractivity contribution in [1.82, 2.24) is 10.9 Å². The first-order chi connectivity index (χ1) is 13.9. The molecule has 0 aliphatic rings. The summed E-state index contributed by atoms with van der Waals surface area (Å²) in [5.41, 5.74) is 8.34. The lowest BCUT2D eigenvalue weighted by molar-refractivity contribution is -0.128. The summed E-state index contributed by atoms with van der Waals surface area (Å²) in [6.07, 6.45) is 1.18. The number of hydrogen-bond acceptors (Lipinski definition) is 5. The molecule has 6 nitrogen and oxygen atoms in total. The van der Waals surface area contributed by atoms with Crippen LogP contribution >= 0.6 is 11.8 Å². The largest absolute Gasteiger partial charge is 0.481 e. The molecule has 152 valence electrons. The van der Waals surface area contributed by atoms with Crippen molar-refractivity contribution >= 4 is 34.5 Å². The van der Waals surface area contributed by atoms with E-state index in [0.29, 0.717) is 17.1 Å². The first-order valence-electron chi connectivity index (χ1n) is 9.24. The Morgan fingerprint density at radius 3 is 2.62 bits per heavy atom. The molecule has 3 aromatic rings. The lowest BCUT2D eigenvalue weighted by Crippen LogP contribution is -2.47. The third kappa shape index (κ3) is 4.56. The summed E-state index contributed by atoms with van der Waals surface area (Å²) in [6.45, 7) is 5.54. The van der Waals surface area contributed by atoms with Crippen LogP contribution in [-0.2, 0) is 10.5 Å². The van der Waals surface area contributed by atoms with E-state index in [9.17, 15) is 9.59 Å². The molecule has 0 bridgehead atoms. The molecule has 1 aromatic heterocycles. The minimum atomic E-state index is -0.780. The predicted molar refractivity (Wildman–Crippen MR) is 115 cm³/mol. The van der Waals surface area contributed by atoms with E-state index in [2.05, 4.69) is 10.9 Å². The van der Waals surface area contributed by atoms with Gasteiger partial charge in [0.05, 0.1) is 0 Å². The van der Waals surface area contributed by atoms with Crippen molar-refractivity contribution in [2.45, 2.75) is 32.6 Å². The van der Waals surface area contributed by atoms with E-state index in [4.69, 9.17) is 9.15 Å². The highest BCUT2D eigenvalue weighted by molar-refractivity contribution is 7.97. The minimum Gasteiger partial charge on any atom is -0.481 e. The zero-order chi connectivity index (χ0) is 21.0. The van der Waals surface area contributed by atoms with Gasteiger partial charge in [-0.2, -0.15) is 11.8 Å². The molecule has 3 rings (SSSR count). The zero-order valence-corrected chi connectivity index (χ0v) is 17.7. The lowest BCUT2D eigenvalue weighted by atomic mass is 10.1. The zero-order valence-electron chi connectivity index (χ0n) is 16.9. The fourth-order valence-electron chi connectivity index (χ4n) is 2.94. The summed E-state index contributed by atoms with van der Waals surface area (Å²) < 4.78 is 11.5. The number of benzene rings is 2.